The monoisotopic (exact) mass is 272 g/mol. The first-order chi connectivity index (χ1) is 9.43. The van der Waals surface area contributed by atoms with Crippen LogP contribution in [0.4, 0.5) is 0 Å². The zero-order chi connectivity index (χ0) is 14.9. The van der Waals surface area contributed by atoms with Crippen LogP contribution in [0.2, 0.25) is 0 Å². The third-order valence-electron chi connectivity index (χ3n) is 3.81. The predicted molar refractivity (Wildman–Crippen MR) is 77.4 cm³/mol. The second kappa shape index (κ2) is 5.45. The van der Waals surface area contributed by atoms with Crippen LogP contribution in [0, 0.1) is 13.8 Å². The first kappa shape index (κ1) is 14.2. The van der Waals surface area contributed by atoms with Crippen molar-refractivity contribution >= 4 is 5.91 Å². The number of hydrogen-bond acceptors (Lipinski definition) is 3. The molecular formula is C15H20N4O. The molecular weight excluding hydrogens is 252 g/mol. The van der Waals surface area contributed by atoms with Crippen LogP contribution in [0.15, 0.2) is 24.5 Å². The first-order valence-electron chi connectivity index (χ1n) is 6.60. The minimum absolute atomic E-state index is 0.00240. The van der Waals surface area contributed by atoms with Gasteiger partial charge in [0.2, 0.25) is 0 Å². The summed E-state index contributed by atoms with van der Waals surface area (Å²) < 4.78 is 1.74. The number of amides is 1. The zero-order valence-corrected chi connectivity index (χ0v) is 12.6. The van der Waals surface area contributed by atoms with Crippen LogP contribution in [0.3, 0.4) is 0 Å². The number of pyridine rings is 1. The third kappa shape index (κ3) is 2.43. The highest BCUT2D eigenvalue weighted by Gasteiger charge is 2.24. The molecule has 0 bridgehead atoms. The fraction of sp³-hybridized carbons (Fsp3) is 0.400. The van der Waals surface area contributed by atoms with Crippen molar-refractivity contribution < 1.29 is 4.79 Å². The lowest BCUT2D eigenvalue weighted by Gasteiger charge is -2.25. The number of aryl methyl sites for hydroxylation is 2. The van der Waals surface area contributed by atoms with Gasteiger partial charge in [-0.3, -0.25) is 14.5 Å². The maximum Gasteiger partial charge on any atom is 0.257 e. The van der Waals surface area contributed by atoms with Gasteiger partial charge in [0, 0.05) is 32.2 Å². The molecule has 0 N–H and O–H groups in total. The Morgan fingerprint density at radius 3 is 2.40 bits per heavy atom. The Hall–Kier alpha value is -2.17. The summed E-state index contributed by atoms with van der Waals surface area (Å²) in [6.45, 7) is 5.79. The van der Waals surface area contributed by atoms with Gasteiger partial charge in [-0.2, -0.15) is 5.10 Å². The van der Waals surface area contributed by atoms with Gasteiger partial charge < -0.3 is 4.90 Å². The van der Waals surface area contributed by atoms with Gasteiger partial charge in [0.05, 0.1) is 17.3 Å². The Labute approximate surface area is 119 Å². The number of hydrogen-bond donors (Lipinski definition) is 0. The van der Waals surface area contributed by atoms with Crippen LogP contribution in [-0.4, -0.2) is 32.6 Å². The van der Waals surface area contributed by atoms with Gasteiger partial charge >= 0.3 is 0 Å². The summed E-state index contributed by atoms with van der Waals surface area (Å²) >= 11 is 0. The Morgan fingerprint density at radius 2 is 1.90 bits per heavy atom. The van der Waals surface area contributed by atoms with Gasteiger partial charge in [0.25, 0.3) is 5.91 Å². The van der Waals surface area contributed by atoms with Crippen molar-refractivity contribution in [1.82, 2.24) is 19.7 Å². The minimum Gasteiger partial charge on any atom is -0.335 e. The van der Waals surface area contributed by atoms with Crippen LogP contribution in [0.1, 0.15) is 40.3 Å². The molecule has 2 aromatic heterocycles. The Morgan fingerprint density at radius 1 is 1.30 bits per heavy atom. The van der Waals surface area contributed by atoms with E-state index in [9.17, 15) is 4.79 Å². The Balaban J connectivity index is 2.29. The molecule has 0 spiro atoms. The second-order valence-electron chi connectivity index (χ2n) is 5.04. The molecule has 20 heavy (non-hydrogen) atoms. The van der Waals surface area contributed by atoms with Crippen LogP contribution in [0.5, 0.6) is 0 Å². The number of carbonyl (C=O) groups excluding carboxylic acids is 1. The van der Waals surface area contributed by atoms with Crippen LogP contribution in [-0.2, 0) is 7.05 Å². The summed E-state index contributed by atoms with van der Waals surface area (Å²) in [5.41, 5.74) is 3.41. The lowest BCUT2D eigenvalue weighted by atomic mass is 10.1. The maximum absolute atomic E-state index is 12.7. The molecule has 0 aliphatic heterocycles. The predicted octanol–water partition coefficient (Wildman–Crippen LogP) is 2.27. The number of nitrogens with zero attached hydrogens (tertiary/aromatic N) is 4. The molecule has 2 rings (SSSR count). The van der Waals surface area contributed by atoms with Gasteiger partial charge in [-0.15, -0.1) is 0 Å². The molecule has 0 radical (unpaired) electrons. The molecule has 5 heteroatoms. The molecule has 5 nitrogen and oxygen atoms in total. The topological polar surface area (TPSA) is 51.0 Å². The van der Waals surface area contributed by atoms with E-state index >= 15 is 0 Å². The summed E-state index contributed by atoms with van der Waals surface area (Å²) in [4.78, 5) is 18.4. The lowest BCUT2D eigenvalue weighted by Crippen LogP contribution is -2.30. The fourth-order valence-electron chi connectivity index (χ4n) is 2.30. The highest BCUT2D eigenvalue weighted by molar-refractivity contribution is 5.96. The SMILES string of the molecule is Cc1nn(C)c(C)c1C(=O)N(C)C(C)c1ccncc1. The van der Waals surface area contributed by atoms with E-state index in [-0.39, 0.29) is 11.9 Å². The summed E-state index contributed by atoms with van der Waals surface area (Å²) in [6.07, 6.45) is 3.48. The van der Waals surface area contributed by atoms with Gasteiger partial charge in [-0.1, -0.05) is 0 Å². The van der Waals surface area contributed by atoms with E-state index in [0.717, 1.165) is 17.0 Å². The fourth-order valence-corrected chi connectivity index (χ4v) is 2.30. The van der Waals surface area contributed by atoms with Gasteiger partial charge in [0.15, 0.2) is 0 Å². The molecule has 1 amide bonds. The highest BCUT2D eigenvalue weighted by Crippen LogP contribution is 2.22. The van der Waals surface area contributed by atoms with E-state index < -0.39 is 0 Å². The molecule has 106 valence electrons. The number of rotatable bonds is 3. The zero-order valence-electron chi connectivity index (χ0n) is 12.6. The smallest absolute Gasteiger partial charge is 0.257 e. The van der Waals surface area contributed by atoms with E-state index in [0.29, 0.717) is 5.56 Å². The average Bonchev–Trinajstić information content (AvgIpc) is 2.71. The molecule has 1 unspecified atom stereocenters. The first-order valence-corrected chi connectivity index (χ1v) is 6.60. The molecule has 0 aliphatic carbocycles. The third-order valence-corrected chi connectivity index (χ3v) is 3.81. The minimum atomic E-state index is -0.00972. The quantitative estimate of drug-likeness (QED) is 0.861. The van der Waals surface area contributed by atoms with Gasteiger partial charge in [-0.25, -0.2) is 0 Å². The molecule has 0 fully saturated rings. The van der Waals surface area contributed by atoms with Crippen molar-refractivity contribution in [2.75, 3.05) is 7.05 Å². The normalized spacial score (nSPS) is 12.2. The molecule has 0 aliphatic rings. The number of carbonyl (C=O) groups is 1. The van der Waals surface area contributed by atoms with Crippen molar-refractivity contribution in [2.45, 2.75) is 26.8 Å². The average molecular weight is 272 g/mol. The molecule has 2 aromatic rings. The molecule has 0 saturated heterocycles. The van der Waals surface area contributed by atoms with Crippen molar-refractivity contribution in [2.24, 2.45) is 7.05 Å². The molecule has 0 saturated carbocycles. The summed E-state index contributed by atoms with van der Waals surface area (Å²) in [6, 6.07) is 3.85. The Bertz CT molecular complexity index is 618. The summed E-state index contributed by atoms with van der Waals surface area (Å²) in [7, 11) is 3.67. The van der Waals surface area contributed by atoms with Gasteiger partial charge in [-0.05, 0) is 38.5 Å². The van der Waals surface area contributed by atoms with E-state index in [1.165, 1.54) is 0 Å². The second-order valence-corrected chi connectivity index (χ2v) is 5.04. The van der Waals surface area contributed by atoms with Crippen molar-refractivity contribution in [3.8, 4) is 0 Å². The number of aromatic nitrogens is 3. The van der Waals surface area contributed by atoms with E-state index in [2.05, 4.69) is 10.1 Å². The standard InChI is InChI=1S/C15H20N4O/c1-10-14(12(3)19(5)17-10)15(20)18(4)11(2)13-6-8-16-9-7-13/h6-9,11H,1-5H3. The van der Waals surface area contributed by atoms with Crippen molar-refractivity contribution in [3.05, 3.63) is 47.0 Å². The van der Waals surface area contributed by atoms with Crippen molar-refractivity contribution in [1.29, 1.82) is 0 Å². The van der Waals surface area contributed by atoms with Crippen molar-refractivity contribution in [3.63, 3.8) is 0 Å². The molecule has 0 aromatic carbocycles. The van der Waals surface area contributed by atoms with E-state index in [1.807, 2.05) is 47.0 Å². The van der Waals surface area contributed by atoms with E-state index in [4.69, 9.17) is 0 Å². The van der Waals surface area contributed by atoms with Crippen LogP contribution < -0.4 is 0 Å². The van der Waals surface area contributed by atoms with E-state index in [1.54, 1.807) is 22.0 Å². The molecule has 2 heterocycles. The largest absolute Gasteiger partial charge is 0.335 e. The van der Waals surface area contributed by atoms with Crippen LogP contribution >= 0.6 is 0 Å². The summed E-state index contributed by atoms with van der Waals surface area (Å²) in [5, 5.41) is 4.31. The lowest BCUT2D eigenvalue weighted by molar-refractivity contribution is 0.0741. The Kier molecular flexibility index (Phi) is 3.88. The van der Waals surface area contributed by atoms with Gasteiger partial charge in [0.1, 0.15) is 0 Å². The molecule has 1 atom stereocenters. The van der Waals surface area contributed by atoms with Crippen LogP contribution in [0.25, 0.3) is 0 Å². The highest BCUT2D eigenvalue weighted by atomic mass is 16.2. The summed E-state index contributed by atoms with van der Waals surface area (Å²) in [5.74, 6) is -0.00240. The maximum atomic E-state index is 12.7.